The van der Waals surface area contributed by atoms with Gasteiger partial charge in [0, 0.05) is 17.5 Å². The Kier molecular flexibility index (Phi) is 6.03. The van der Waals surface area contributed by atoms with Gasteiger partial charge in [0.2, 0.25) is 5.91 Å². The molecule has 7 nitrogen and oxygen atoms in total. The number of rotatable bonds is 6. The van der Waals surface area contributed by atoms with Crippen LogP contribution in [-0.4, -0.2) is 25.2 Å². The Bertz CT molecular complexity index is 1120. The lowest BCUT2D eigenvalue weighted by Gasteiger charge is -2.26. The van der Waals surface area contributed by atoms with Crippen molar-refractivity contribution in [3.8, 4) is 5.69 Å². The first-order valence-electron chi connectivity index (χ1n) is 9.01. The van der Waals surface area contributed by atoms with Crippen LogP contribution in [0.15, 0.2) is 67.1 Å². The molecule has 30 heavy (non-hydrogen) atoms. The number of carbonyl (C=O) groups is 1. The molecule has 0 saturated heterocycles. The molecular formula is C21H21FN3O4P. The lowest BCUT2D eigenvalue weighted by molar-refractivity contribution is -0.111. The van der Waals surface area contributed by atoms with E-state index in [4.69, 9.17) is 0 Å². The molecule has 1 aromatic heterocycles. The highest BCUT2D eigenvalue weighted by Crippen LogP contribution is 2.56. The molecule has 3 N–H and O–H groups in total. The Labute approximate surface area is 173 Å². The molecule has 0 atom stereocenters. The van der Waals surface area contributed by atoms with Crippen LogP contribution in [0.4, 0.5) is 10.1 Å². The average Bonchev–Trinajstić information content (AvgIpc) is 3.15. The van der Waals surface area contributed by atoms with Crippen molar-refractivity contribution in [3.63, 3.8) is 0 Å². The summed E-state index contributed by atoms with van der Waals surface area (Å²) in [5.41, 5.74) is 2.29. The van der Waals surface area contributed by atoms with E-state index in [1.54, 1.807) is 59.6 Å². The maximum Gasteiger partial charge on any atom is 0.335 e. The fourth-order valence-corrected chi connectivity index (χ4v) is 3.21. The number of halogens is 1. The molecule has 0 fully saturated rings. The van der Waals surface area contributed by atoms with Crippen LogP contribution >= 0.6 is 7.60 Å². The van der Waals surface area contributed by atoms with E-state index < -0.39 is 12.8 Å². The van der Waals surface area contributed by atoms with Gasteiger partial charge < -0.3 is 15.1 Å². The molecule has 9 heteroatoms. The Balaban J connectivity index is 1.70. The van der Waals surface area contributed by atoms with Crippen molar-refractivity contribution in [2.75, 3.05) is 5.32 Å². The van der Waals surface area contributed by atoms with Crippen LogP contribution in [0.25, 0.3) is 11.8 Å². The molecule has 0 unspecified atom stereocenters. The van der Waals surface area contributed by atoms with Crippen molar-refractivity contribution in [2.45, 2.75) is 19.0 Å². The number of hydrogen-bond donors (Lipinski definition) is 3. The molecule has 0 aliphatic heterocycles. The third-order valence-corrected chi connectivity index (χ3v) is 6.48. The first-order chi connectivity index (χ1) is 14.1. The van der Waals surface area contributed by atoms with Crippen LogP contribution in [0.2, 0.25) is 0 Å². The first-order valence-corrected chi connectivity index (χ1v) is 10.6. The lowest BCUT2D eigenvalue weighted by atomic mass is 10.0. The van der Waals surface area contributed by atoms with Crippen molar-refractivity contribution in [1.82, 2.24) is 9.55 Å². The van der Waals surface area contributed by atoms with Crippen molar-refractivity contribution < 1.29 is 23.5 Å². The maximum atomic E-state index is 13.1. The number of amides is 1. The van der Waals surface area contributed by atoms with E-state index in [1.165, 1.54) is 32.1 Å². The second-order valence-corrected chi connectivity index (χ2v) is 9.37. The summed E-state index contributed by atoms with van der Waals surface area (Å²) in [6, 6.07) is 12.2. The summed E-state index contributed by atoms with van der Waals surface area (Å²) in [6.45, 7) is 2.93. The predicted molar refractivity (Wildman–Crippen MR) is 113 cm³/mol. The zero-order chi connectivity index (χ0) is 21.9. The predicted octanol–water partition coefficient (Wildman–Crippen LogP) is 4.08. The molecule has 1 amide bonds. The molecule has 0 aliphatic rings. The number of benzene rings is 2. The minimum atomic E-state index is -4.33. The Hall–Kier alpha value is -3.06. The highest BCUT2D eigenvalue weighted by atomic mass is 31.2. The quantitative estimate of drug-likeness (QED) is 0.405. The van der Waals surface area contributed by atoms with Crippen LogP contribution in [0.3, 0.4) is 0 Å². The highest BCUT2D eigenvalue weighted by molar-refractivity contribution is 7.53. The Morgan fingerprint density at radius 2 is 1.77 bits per heavy atom. The summed E-state index contributed by atoms with van der Waals surface area (Å²) >= 11 is 0. The molecule has 3 aromatic rings. The van der Waals surface area contributed by atoms with Crippen molar-refractivity contribution >= 4 is 25.3 Å². The van der Waals surface area contributed by atoms with E-state index >= 15 is 0 Å². The summed E-state index contributed by atoms with van der Waals surface area (Å²) in [6.07, 6.45) is 6.06. The molecular weight excluding hydrogens is 408 g/mol. The standard InChI is InChI=1S/C21H21FN3O4P/c1-21(2,30(27,28)29)15-3-7-17(8-4-15)24-20(26)12-11-19-13-23-14-25(19)18-9-5-16(22)6-10-18/h3-14H,1-2H3,(H,24,26)(H2,27,28,29). The lowest BCUT2D eigenvalue weighted by Crippen LogP contribution is -2.17. The third-order valence-electron chi connectivity index (χ3n) is 4.76. The summed E-state index contributed by atoms with van der Waals surface area (Å²) in [4.78, 5) is 35.3. The van der Waals surface area contributed by atoms with Gasteiger partial charge in [-0.05, 0) is 61.9 Å². The summed E-state index contributed by atoms with van der Waals surface area (Å²) in [5.74, 6) is -0.727. The fraction of sp³-hybridized carbons (Fsp3) is 0.143. The van der Waals surface area contributed by atoms with E-state index in [0.717, 1.165) is 0 Å². The number of hydrogen-bond acceptors (Lipinski definition) is 3. The molecule has 1 heterocycles. The van der Waals surface area contributed by atoms with Gasteiger partial charge in [-0.2, -0.15) is 0 Å². The van der Waals surface area contributed by atoms with Gasteiger partial charge in [-0.3, -0.25) is 13.9 Å². The molecule has 0 radical (unpaired) electrons. The fourth-order valence-electron chi connectivity index (χ4n) is 2.72. The van der Waals surface area contributed by atoms with E-state index in [1.807, 2.05) is 0 Å². The van der Waals surface area contributed by atoms with E-state index in [0.29, 0.717) is 22.6 Å². The number of carbonyl (C=O) groups excluding carboxylic acids is 1. The maximum absolute atomic E-state index is 13.1. The summed E-state index contributed by atoms with van der Waals surface area (Å²) < 4.78 is 26.5. The van der Waals surface area contributed by atoms with Gasteiger partial charge in [-0.15, -0.1) is 0 Å². The minimum Gasteiger partial charge on any atom is -0.324 e. The van der Waals surface area contributed by atoms with Crippen LogP contribution in [0.5, 0.6) is 0 Å². The normalized spacial score (nSPS) is 12.3. The third kappa shape index (κ3) is 4.74. The van der Waals surface area contributed by atoms with Crippen LogP contribution in [0.1, 0.15) is 25.1 Å². The Morgan fingerprint density at radius 3 is 2.37 bits per heavy atom. The van der Waals surface area contributed by atoms with Crippen LogP contribution in [0, 0.1) is 5.82 Å². The van der Waals surface area contributed by atoms with Gasteiger partial charge in [-0.25, -0.2) is 9.37 Å². The number of anilines is 1. The van der Waals surface area contributed by atoms with E-state index in [-0.39, 0.29) is 11.7 Å². The zero-order valence-electron chi connectivity index (χ0n) is 16.4. The van der Waals surface area contributed by atoms with Gasteiger partial charge in [0.1, 0.15) is 5.82 Å². The Morgan fingerprint density at radius 1 is 1.13 bits per heavy atom. The molecule has 3 rings (SSSR count). The van der Waals surface area contributed by atoms with E-state index in [2.05, 4.69) is 10.3 Å². The van der Waals surface area contributed by atoms with E-state index in [9.17, 15) is 23.5 Å². The minimum absolute atomic E-state index is 0.342. The van der Waals surface area contributed by atoms with Gasteiger partial charge in [0.15, 0.2) is 0 Å². The summed E-state index contributed by atoms with van der Waals surface area (Å²) in [5, 5.41) is 1.36. The number of nitrogens with one attached hydrogen (secondary N) is 1. The zero-order valence-corrected chi connectivity index (χ0v) is 17.3. The van der Waals surface area contributed by atoms with Gasteiger partial charge in [-0.1, -0.05) is 12.1 Å². The molecule has 156 valence electrons. The van der Waals surface area contributed by atoms with Crippen LogP contribution < -0.4 is 5.32 Å². The summed E-state index contributed by atoms with van der Waals surface area (Å²) in [7, 11) is -4.33. The van der Waals surface area contributed by atoms with Crippen molar-refractivity contribution in [3.05, 3.63) is 84.2 Å². The molecule has 0 spiro atoms. The number of aromatic nitrogens is 2. The SMILES string of the molecule is CC(C)(c1ccc(NC(=O)C=Cc2cncn2-c2ccc(F)cc2)cc1)P(=O)(O)O. The first kappa shape index (κ1) is 21.6. The molecule has 2 aromatic carbocycles. The largest absolute Gasteiger partial charge is 0.335 e. The number of nitrogens with zero attached hydrogens (tertiary/aromatic N) is 2. The topological polar surface area (TPSA) is 104 Å². The highest BCUT2D eigenvalue weighted by Gasteiger charge is 2.39. The second kappa shape index (κ2) is 8.36. The van der Waals surface area contributed by atoms with Gasteiger partial charge in [0.05, 0.1) is 23.4 Å². The van der Waals surface area contributed by atoms with Gasteiger partial charge in [0.25, 0.3) is 0 Å². The molecule has 0 bridgehead atoms. The molecule has 0 aliphatic carbocycles. The van der Waals surface area contributed by atoms with Crippen LogP contribution in [-0.2, 0) is 14.5 Å². The van der Waals surface area contributed by atoms with Gasteiger partial charge >= 0.3 is 7.60 Å². The molecule has 0 saturated carbocycles. The monoisotopic (exact) mass is 429 g/mol. The van der Waals surface area contributed by atoms with Crippen molar-refractivity contribution in [1.29, 1.82) is 0 Å². The average molecular weight is 429 g/mol. The number of imidazole rings is 1. The smallest absolute Gasteiger partial charge is 0.324 e. The second-order valence-electron chi connectivity index (χ2n) is 7.17. The van der Waals surface area contributed by atoms with Crippen molar-refractivity contribution in [2.24, 2.45) is 0 Å².